The lowest BCUT2D eigenvalue weighted by Gasteiger charge is -2.25. The molecule has 1 aromatic rings. The third kappa shape index (κ3) is 6.12. The fourth-order valence-corrected chi connectivity index (χ4v) is 1.87. The lowest BCUT2D eigenvalue weighted by Crippen LogP contribution is -2.43. The third-order valence-electron chi connectivity index (χ3n) is 3.51. The summed E-state index contributed by atoms with van der Waals surface area (Å²) in [5, 5.41) is 13.0. The molecule has 0 heterocycles. The van der Waals surface area contributed by atoms with Crippen LogP contribution in [0.2, 0.25) is 0 Å². The van der Waals surface area contributed by atoms with Gasteiger partial charge >= 0.3 is 0 Å². The Hall–Kier alpha value is -1.46. The Balaban J connectivity index is 2.46. The normalized spacial score (nSPS) is 15.4. The van der Waals surface area contributed by atoms with Crippen LogP contribution in [0.15, 0.2) is 24.3 Å². The predicted octanol–water partition coefficient (Wildman–Crippen LogP) is 2.60. The van der Waals surface area contributed by atoms with Crippen molar-refractivity contribution >= 4 is 5.91 Å². The van der Waals surface area contributed by atoms with Crippen LogP contribution >= 0.6 is 0 Å². The van der Waals surface area contributed by atoms with Crippen molar-refractivity contribution in [1.82, 2.24) is 5.32 Å². The van der Waals surface area contributed by atoms with Gasteiger partial charge in [-0.05, 0) is 43.9 Å². The van der Waals surface area contributed by atoms with Gasteiger partial charge in [0.25, 0.3) is 0 Å². The SMILES string of the molecule is CC(C)CCOC(C)C(=O)NCC(C)(O)c1ccc(F)cc1. The zero-order valence-corrected chi connectivity index (χ0v) is 13.7. The molecule has 4 nitrogen and oxygen atoms in total. The van der Waals surface area contributed by atoms with Gasteiger partial charge in [-0.15, -0.1) is 0 Å². The van der Waals surface area contributed by atoms with Crippen LogP contribution < -0.4 is 5.32 Å². The van der Waals surface area contributed by atoms with Crippen LogP contribution in [0.3, 0.4) is 0 Å². The number of carbonyl (C=O) groups excluding carboxylic acids is 1. The Bertz CT molecular complexity index is 471. The summed E-state index contributed by atoms with van der Waals surface area (Å²) in [6, 6.07) is 5.57. The van der Waals surface area contributed by atoms with Gasteiger partial charge in [-0.3, -0.25) is 4.79 Å². The first-order valence-corrected chi connectivity index (χ1v) is 7.60. The molecular formula is C17H26FNO3. The zero-order valence-electron chi connectivity index (χ0n) is 13.7. The second-order valence-electron chi connectivity index (χ2n) is 6.19. The summed E-state index contributed by atoms with van der Waals surface area (Å²) in [4.78, 5) is 11.9. The van der Waals surface area contributed by atoms with Crippen molar-refractivity contribution in [3.63, 3.8) is 0 Å². The van der Waals surface area contributed by atoms with Gasteiger partial charge < -0.3 is 15.2 Å². The summed E-state index contributed by atoms with van der Waals surface area (Å²) < 4.78 is 18.4. The molecule has 2 atom stereocenters. The highest BCUT2D eigenvalue weighted by Gasteiger charge is 2.25. The van der Waals surface area contributed by atoms with E-state index in [2.05, 4.69) is 19.2 Å². The molecule has 0 aliphatic rings. The molecule has 0 saturated carbocycles. The van der Waals surface area contributed by atoms with E-state index in [1.807, 2.05) is 0 Å². The van der Waals surface area contributed by atoms with E-state index in [1.165, 1.54) is 24.3 Å². The number of benzene rings is 1. The van der Waals surface area contributed by atoms with E-state index in [1.54, 1.807) is 13.8 Å². The summed E-state index contributed by atoms with van der Waals surface area (Å²) >= 11 is 0. The topological polar surface area (TPSA) is 58.6 Å². The quantitative estimate of drug-likeness (QED) is 0.776. The van der Waals surface area contributed by atoms with Crippen LogP contribution in [0, 0.1) is 11.7 Å². The highest BCUT2D eigenvalue weighted by molar-refractivity contribution is 5.80. The number of rotatable bonds is 8. The monoisotopic (exact) mass is 311 g/mol. The molecule has 22 heavy (non-hydrogen) atoms. The van der Waals surface area contributed by atoms with E-state index < -0.39 is 11.7 Å². The summed E-state index contributed by atoms with van der Waals surface area (Å²) in [5.74, 6) is -0.114. The molecule has 124 valence electrons. The highest BCUT2D eigenvalue weighted by atomic mass is 19.1. The number of halogens is 1. The standard InChI is InChI=1S/C17H26FNO3/c1-12(2)9-10-22-13(3)16(20)19-11-17(4,21)14-5-7-15(18)8-6-14/h5-8,12-13,21H,9-11H2,1-4H3,(H,19,20). The molecule has 0 aliphatic heterocycles. The number of carbonyl (C=O) groups is 1. The fourth-order valence-electron chi connectivity index (χ4n) is 1.87. The number of aliphatic hydroxyl groups is 1. The number of amides is 1. The average Bonchev–Trinajstić information content (AvgIpc) is 2.44. The molecule has 1 aromatic carbocycles. The van der Waals surface area contributed by atoms with E-state index in [-0.39, 0.29) is 18.3 Å². The molecule has 2 unspecified atom stereocenters. The van der Waals surface area contributed by atoms with Gasteiger partial charge in [0.1, 0.15) is 17.5 Å². The van der Waals surface area contributed by atoms with E-state index in [4.69, 9.17) is 4.74 Å². The molecule has 1 amide bonds. The maximum atomic E-state index is 12.9. The molecule has 1 rings (SSSR count). The van der Waals surface area contributed by atoms with E-state index in [9.17, 15) is 14.3 Å². The summed E-state index contributed by atoms with van der Waals surface area (Å²) in [6.45, 7) is 8.00. The van der Waals surface area contributed by atoms with Crippen LogP contribution in [-0.4, -0.2) is 30.3 Å². The largest absolute Gasteiger partial charge is 0.384 e. The van der Waals surface area contributed by atoms with Crippen molar-refractivity contribution in [3.05, 3.63) is 35.6 Å². The van der Waals surface area contributed by atoms with Gasteiger partial charge in [0, 0.05) is 6.61 Å². The van der Waals surface area contributed by atoms with Gasteiger partial charge in [-0.2, -0.15) is 0 Å². The lowest BCUT2D eigenvalue weighted by atomic mass is 9.96. The third-order valence-corrected chi connectivity index (χ3v) is 3.51. The molecule has 5 heteroatoms. The first-order chi connectivity index (χ1) is 10.2. The number of hydrogen-bond donors (Lipinski definition) is 2. The van der Waals surface area contributed by atoms with Gasteiger partial charge in [0.05, 0.1) is 6.54 Å². The minimum atomic E-state index is -1.26. The molecule has 0 aromatic heterocycles. The Labute approximate surface area is 131 Å². The number of ether oxygens (including phenoxy) is 1. The van der Waals surface area contributed by atoms with Crippen molar-refractivity contribution in [2.75, 3.05) is 13.2 Å². The fraction of sp³-hybridized carbons (Fsp3) is 0.588. The highest BCUT2D eigenvalue weighted by Crippen LogP contribution is 2.19. The molecular weight excluding hydrogens is 285 g/mol. The molecule has 0 spiro atoms. The summed E-state index contributed by atoms with van der Waals surface area (Å²) in [6.07, 6.45) is 0.327. The second kappa shape index (κ2) is 8.25. The van der Waals surface area contributed by atoms with Crippen LogP contribution in [-0.2, 0) is 15.1 Å². The van der Waals surface area contributed by atoms with Crippen molar-refractivity contribution < 1.29 is 19.0 Å². The Morgan fingerprint density at radius 3 is 2.45 bits per heavy atom. The molecule has 2 N–H and O–H groups in total. The smallest absolute Gasteiger partial charge is 0.248 e. The zero-order chi connectivity index (χ0) is 16.8. The van der Waals surface area contributed by atoms with E-state index >= 15 is 0 Å². The molecule has 0 saturated heterocycles. The van der Waals surface area contributed by atoms with Crippen LogP contribution in [0.4, 0.5) is 4.39 Å². The van der Waals surface area contributed by atoms with Gasteiger partial charge in [-0.25, -0.2) is 4.39 Å². The number of nitrogens with one attached hydrogen (secondary N) is 1. The van der Waals surface area contributed by atoms with Crippen molar-refractivity contribution in [2.45, 2.75) is 45.8 Å². The van der Waals surface area contributed by atoms with Gasteiger partial charge in [-0.1, -0.05) is 26.0 Å². The minimum absolute atomic E-state index is 0.0370. The predicted molar refractivity (Wildman–Crippen MR) is 83.8 cm³/mol. The lowest BCUT2D eigenvalue weighted by molar-refractivity contribution is -0.133. The van der Waals surface area contributed by atoms with E-state index in [0.29, 0.717) is 18.1 Å². The first kappa shape index (κ1) is 18.6. The molecule has 0 aliphatic carbocycles. The van der Waals surface area contributed by atoms with Gasteiger partial charge in [0.15, 0.2) is 0 Å². The van der Waals surface area contributed by atoms with Crippen LogP contribution in [0.1, 0.15) is 39.7 Å². The van der Waals surface area contributed by atoms with Crippen molar-refractivity contribution in [3.8, 4) is 0 Å². The maximum absolute atomic E-state index is 12.9. The molecule has 0 bridgehead atoms. The Morgan fingerprint density at radius 2 is 1.91 bits per heavy atom. The van der Waals surface area contributed by atoms with Crippen LogP contribution in [0.5, 0.6) is 0 Å². The molecule has 0 radical (unpaired) electrons. The summed E-state index contributed by atoms with van der Waals surface area (Å²) in [5.41, 5.74) is -0.719. The Kier molecular flexibility index (Phi) is 6.97. The maximum Gasteiger partial charge on any atom is 0.248 e. The second-order valence-corrected chi connectivity index (χ2v) is 6.19. The first-order valence-electron chi connectivity index (χ1n) is 7.60. The van der Waals surface area contributed by atoms with E-state index in [0.717, 1.165) is 6.42 Å². The van der Waals surface area contributed by atoms with Crippen molar-refractivity contribution in [1.29, 1.82) is 0 Å². The summed E-state index contributed by atoms with van der Waals surface area (Å²) in [7, 11) is 0. The Morgan fingerprint density at radius 1 is 1.32 bits per heavy atom. The van der Waals surface area contributed by atoms with Crippen LogP contribution in [0.25, 0.3) is 0 Å². The number of hydrogen-bond acceptors (Lipinski definition) is 3. The van der Waals surface area contributed by atoms with Crippen molar-refractivity contribution in [2.24, 2.45) is 5.92 Å². The molecule has 0 fully saturated rings. The minimum Gasteiger partial charge on any atom is -0.384 e. The van der Waals surface area contributed by atoms with Gasteiger partial charge in [0.2, 0.25) is 5.91 Å². The average molecular weight is 311 g/mol.